The molecule has 0 saturated carbocycles. The number of alkyl halides is 3. The molecule has 0 aliphatic carbocycles. The topological polar surface area (TPSA) is 92.7 Å². The summed E-state index contributed by atoms with van der Waals surface area (Å²) in [6.07, 6.45) is -0.368. The third kappa shape index (κ3) is 4.67. The van der Waals surface area contributed by atoms with E-state index in [1.807, 2.05) is 0 Å². The SMILES string of the molecule is O=C(Cc1cccc(Cl)c1)Nc1cnccc1-c1ccc2c3[nH]ncc3c(=O)n(CC(F)(F)F)c2c1. The van der Waals surface area contributed by atoms with Crippen LogP contribution in [0, 0.1) is 0 Å². The molecule has 0 spiro atoms. The number of benzene rings is 2. The zero-order valence-electron chi connectivity index (χ0n) is 18.4. The molecule has 3 aromatic heterocycles. The summed E-state index contributed by atoms with van der Waals surface area (Å²) in [6.45, 7) is -1.45. The van der Waals surface area contributed by atoms with Crippen molar-refractivity contribution in [2.75, 3.05) is 5.32 Å². The number of H-pyrrole nitrogens is 1. The molecule has 2 aromatic carbocycles. The van der Waals surface area contributed by atoms with Gasteiger partial charge in [0.05, 0.1) is 40.9 Å². The summed E-state index contributed by atoms with van der Waals surface area (Å²) in [6, 6.07) is 13.4. The van der Waals surface area contributed by atoms with E-state index in [-0.39, 0.29) is 23.2 Å². The average molecular weight is 512 g/mol. The maximum Gasteiger partial charge on any atom is 0.406 e. The van der Waals surface area contributed by atoms with Crippen molar-refractivity contribution in [1.29, 1.82) is 0 Å². The lowest BCUT2D eigenvalue weighted by Gasteiger charge is -2.16. The van der Waals surface area contributed by atoms with Crippen LogP contribution in [0.4, 0.5) is 18.9 Å². The number of aromatic amines is 1. The molecule has 0 aliphatic heterocycles. The van der Waals surface area contributed by atoms with Crippen molar-refractivity contribution < 1.29 is 18.0 Å². The number of amides is 1. The third-order valence-corrected chi connectivity index (χ3v) is 5.91. The number of aromatic nitrogens is 4. The van der Waals surface area contributed by atoms with Gasteiger partial charge >= 0.3 is 6.18 Å². The lowest BCUT2D eigenvalue weighted by Crippen LogP contribution is -2.28. The number of carbonyl (C=O) groups excluding carboxylic acids is 1. The zero-order valence-corrected chi connectivity index (χ0v) is 19.2. The van der Waals surface area contributed by atoms with Crippen molar-refractivity contribution in [3.8, 4) is 11.1 Å². The fraction of sp³-hybridized carbons (Fsp3) is 0.120. The minimum Gasteiger partial charge on any atom is -0.324 e. The van der Waals surface area contributed by atoms with Crippen LogP contribution in [0.1, 0.15) is 5.56 Å². The fourth-order valence-electron chi connectivity index (χ4n) is 4.15. The van der Waals surface area contributed by atoms with Gasteiger partial charge in [0.1, 0.15) is 6.54 Å². The summed E-state index contributed by atoms with van der Waals surface area (Å²) in [5.41, 5.74) is 1.75. The number of rotatable bonds is 5. The van der Waals surface area contributed by atoms with Gasteiger partial charge in [0.25, 0.3) is 5.56 Å². The Morgan fingerprint density at radius 2 is 1.92 bits per heavy atom. The molecule has 5 rings (SSSR count). The molecule has 5 aromatic rings. The Morgan fingerprint density at radius 1 is 1.08 bits per heavy atom. The van der Waals surface area contributed by atoms with Gasteiger partial charge in [-0.2, -0.15) is 18.3 Å². The summed E-state index contributed by atoms with van der Waals surface area (Å²) in [7, 11) is 0. The van der Waals surface area contributed by atoms with Gasteiger partial charge in [-0.1, -0.05) is 35.9 Å². The first-order valence-electron chi connectivity index (χ1n) is 10.7. The molecule has 36 heavy (non-hydrogen) atoms. The molecule has 182 valence electrons. The highest BCUT2D eigenvalue weighted by atomic mass is 35.5. The lowest BCUT2D eigenvalue weighted by atomic mass is 10.0. The number of pyridine rings is 2. The monoisotopic (exact) mass is 511 g/mol. The van der Waals surface area contributed by atoms with Gasteiger partial charge in [0.2, 0.25) is 5.91 Å². The van der Waals surface area contributed by atoms with Crippen LogP contribution in [0.5, 0.6) is 0 Å². The molecule has 0 radical (unpaired) electrons. The number of hydrogen-bond acceptors (Lipinski definition) is 4. The average Bonchev–Trinajstić information content (AvgIpc) is 3.31. The highest BCUT2D eigenvalue weighted by Crippen LogP contribution is 2.32. The van der Waals surface area contributed by atoms with E-state index in [2.05, 4.69) is 20.5 Å². The van der Waals surface area contributed by atoms with Gasteiger partial charge in [0, 0.05) is 22.2 Å². The van der Waals surface area contributed by atoms with Crippen molar-refractivity contribution in [1.82, 2.24) is 19.7 Å². The minimum atomic E-state index is -4.61. The van der Waals surface area contributed by atoms with Crippen molar-refractivity contribution in [2.45, 2.75) is 19.1 Å². The van der Waals surface area contributed by atoms with Gasteiger partial charge in [-0.25, -0.2) is 0 Å². The largest absolute Gasteiger partial charge is 0.406 e. The second kappa shape index (κ2) is 9.12. The van der Waals surface area contributed by atoms with Crippen LogP contribution < -0.4 is 10.9 Å². The van der Waals surface area contributed by atoms with Crippen LogP contribution in [0.25, 0.3) is 32.9 Å². The Kier molecular flexibility index (Phi) is 5.97. The van der Waals surface area contributed by atoms with Crippen LogP contribution in [0.2, 0.25) is 5.02 Å². The Bertz CT molecular complexity index is 1680. The normalized spacial score (nSPS) is 11.8. The van der Waals surface area contributed by atoms with E-state index in [1.165, 1.54) is 24.7 Å². The summed E-state index contributed by atoms with van der Waals surface area (Å²) in [5.74, 6) is -0.319. The standard InChI is InChI=1S/C25H17ClF3N5O2/c26-16-3-1-2-14(8-16)9-22(35)32-20-12-30-7-6-17(20)15-4-5-18-21(10-15)34(13-25(27,28)29)24(36)19-11-31-33-23(18)19/h1-8,10-12H,9,13H2,(H,31,33)(H,32,35). The highest BCUT2D eigenvalue weighted by Gasteiger charge is 2.30. The molecule has 11 heteroatoms. The molecule has 0 unspecified atom stereocenters. The van der Waals surface area contributed by atoms with E-state index in [9.17, 15) is 22.8 Å². The first kappa shape index (κ1) is 23.6. The molecule has 1 amide bonds. The van der Waals surface area contributed by atoms with E-state index in [4.69, 9.17) is 11.6 Å². The van der Waals surface area contributed by atoms with Gasteiger partial charge in [-0.3, -0.25) is 24.2 Å². The van der Waals surface area contributed by atoms with Gasteiger partial charge in [-0.05, 0) is 35.4 Å². The Labute approximate surface area is 206 Å². The lowest BCUT2D eigenvalue weighted by molar-refractivity contribution is -0.140. The highest BCUT2D eigenvalue weighted by molar-refractivity contribution is 6.30. The minimum absolute atomic E-state index is 0.0650. The predicted molar refractivity (Wildman–Crippen MR) is 131 cm³/mol. The molecule has 2 N–H and O–H groups in total. The number of carbonyl (C=O) groups is 1. The summed E-state index contributed by atoms with van der Waals surface area (Å²) >= 11 is 5.99. The van der Waals surface area contributed by atoms with E-state index in [1.54, 1.807) is 42.5 Å². The first-order valence-corrected chi connectivity index (χ1v) is 11.1. The number of halogens is 4. The Morgan fingerprint density at radius 3 is 2.69 bits per heavy atom. The summed E-state index contributed by atoms with van der Waals surface area (Å²) in [5, 5.41) is 10.3. The third-order valence-electron chi connectivity index (χ3n) is 5.67. The molecule has 0 aliphatic rings. The number of fused-ring (bicyclic) bond motifs is 3. The Hall–Kier alpha value is -4.18. The molecule has 0 atom stereocenters. The quantitative estimate of drug-likeness (QED) is 0.333. The number of hydrogen-bond donors (Lipinski definition) is 2. The van der Waals surface area contributed by atoms with Crippen molar-refractivity contribution >= 4 is 45.0 Å². The number of anilines is 1. The molecule has 0 bridgehead atoms. The zero-order chi connectivity index (χ0) is 25.4. The first-order chi connectivity index (χ1) is 17.2. The summed E-state index contributed by atoms with van der Waals surface area (Å²) < 4.78 is 40.8. The van der Waals surface area contributed by atoms with E-state index < -0.39 is 18.3 Å². The molecule has 0 saturated heterocycles. The molecule has 7 nitrogen and oxygen atoms in total. The van der Waals surface area contributed by atoms with Crippen LogP contribution >= 0.6 is 11.6 Å². The van der Waals surface area contributed by atoms with Gasteiger partial charge in [-0.15, -0.1) is 0 Å². The van der Waals surface area contributed by atoms with Crippen LogP contribution in [0.15, 0.2) is 71.9 Å². The van der Waals surface area contributed by atoms with Gasteiger partial charge < -0.3 is 5.32 Å². The smallest absolute Gasteiger partial charge is 0.324 e. The Balaban J connectivity index is 1.58. The maximum atomic E-state index is 13.4. The van der Waals surface area contributed by atoms with E-state index in [0.717, 1.165) is 5.56 Å². The van der Waals surface area contributed by atoms with Crippen LogP contribution in [-0.4, -0.2) is 31.8 Å². The fourth-order valence-corrected chi connectivity index (χ4v) is 4.36. The van der Waals surface area contributed by atoms with Crippen LogP contribution in [0.3, 0.4) is 0 Å². The van der Waals surface area contributed by atoms with Crippen molar-refractivity contribution in [3.05, 3.63) is 88.1 Å². The second-order valence-electron chi connectivity index (χ2n) is 8.17. The van der Waals surface area contributed by atoms with Gasteiger partial charge in [0.15, 0.2) is 0 Å². The predicted octanol–water partition coefficient (Wildman–Crippen LogP) is 5.34. The van der Waals surface area contributed by atoms with Crippen LogP contribution in [-0.2, 0) is 17.8 Å². The second-order valence-corrected chi connectivity index (χ2v) is 8.61. The van der Waals surface area contributed by atoms with Crippen molar-refractivity contribution in [3.63, 3.8) is 0 Å². The molecular formula is C25H17ClF3N5O2. The number of nitrogens with zero attached hydrogens (tertiary/aromatic N) is 3. The molecule has 3 heterocycles. The van der Waals surface area contributed by atoms with E-state index in [0.29, 0.717) is 37.3 Å². The maximum absolute atomic E-state index is 13.4. The summed E-state index contributed by atoms with van der Waals surface area (Å²) in [4.78, 5) is 29.6. The number of nitrogens with one attached hydrogen (secondary N) is 2. The molecular weight excluding hydrogens is 495 g/mol. The van der Waals surface area contributed by atoms with Crippen molar-refractivity contribution in [2.24, 2.45) is 0 Å². The molecule has 0 fully saturated rings. The van der Waals surface area contributed by atoms with E-state index >= 15 is 0 Å².